The Labute approximate surface area is 134 Å². The van der Waals surface area contributed by atoms with Crippen molar-refractivity contribution >= 4 is 40.0 Å². The van der Waals surface area contributed by atoms with E-state index in [1.807, 2.05) is 20.8 Å². The molecule has 0 radical (unpaired) electrons. The molecule has 6 nitrogen and oxygen atoms in total. The first-order valence-electron chi connectivity index (χ1n) is 6.23. The molecule has 0 saturated heterocycles. The summed E-state index contributed by atoms with van der Waals surface area (Å²) in [5.41, 5.74) is 0. The maximum atomic E-state index is 11.4. The van der Waals surface area contributed by atoms with Gasteiger partial charge in [0.2, 0.25) is 10.0 Å². The monoisotopic (exact) mass is 406 g/mol. The molecular weight excluding hydrogens is 379 g/mol. The predicted molar refractivity (Wildman–Crippen MR) is 91.8 cm³/mol. The smallest absolute Gasteiger partial charge is 0.211 e. The van der Waals surface area contributed by atoms with Crippen molar-refractivity contribution in [3.63, 3.8) is 0 Å². The van der Waals surface area contributed by atoms with Gasteiger partial charge in [0.1, 0.15) is 0 Å². The number of sulfonamides is 1. The minimum absolute atomic E-state index is 0. The van der Waals surface area contributed by atoms with E-state index < -0.39 is 10.0 Å². The highest BCUT2D eigenvalue weighted by molar-refractivity contribution is 14.0. The Bertz CT molecular complexity index is 358. The molecule has 0 unspecified atom stereocenters. The van der Waals surface area contributed by atoms with Crippen LogP contribution >= 0.6 is 24.0 Å². The Hall–Kier alpha value is -0.0900. The Balaban J connectivity index is 0. The number of guanidine groups is 1. The molecule has 0 aliphatic carbocycles. The van der Waals surface area contributed by atoms with Crippen LogP contribution in [0.15, 0.2) is 4.99 Å². The molecule has 0 amide bonds. The molecule has 0 rings (SSSR count). The molecule has 0 atom stereocenters. The van der Waals surface area contributed by atoms with Crippen molar-refractivity contribution in [1.82, 2.24) is 14.9 Å². The maximum Gasteiger partial charge on any atom is 0.211 e. The van der Waals surface area contributed by atoms with Gasteiger partial charge in [0.15, 0.2) is 5.96 Å². The lowest BCUT2D eigenvalue weighted by molar-refractivity contribution is 0.424. The third-order valence-corrected chi connectivity index (χ3v) is 3.73. The minimum Gasteiger partial charge on any atom is -0.356 e. The third kappa shape index (κ3) is 10.4. The Morgan fingerprint density at radius 2 is 1.95 bits per heavy atom. The number of rotatable bonds is 7. The summed E-state index contributed by atoms with van der Waals surface area (Å²) in [6, 6.07) is 0.319. The lowest BCUT2D eigenvalue weighted by Crippen LogP contribution is -2.42. The lowest BCUT2D eigenvalue weighted by Gasteiger charge is -2.18. The molecule has 0 spiro atoms. The number of halogens is 1. The molecular formula is C11H27IN4O2S. The fraction of sp³-hybridized carbons (Fsp3) is 0.909. The molecule has 19 heavy (non-hydrogen) atoms. The van der Waals surface area contributed by atoms with Gasteiger partial charge in [0.25, 0.3) is 0 Å². The van der Waals surface area contributed by atoms with Gasteiger partial charge in [-0.25, -0.2) is 12.7 Å². The second kappa shape index (κ2) is 10.7. The topological polar surface area (TPSA) is 73.8 Å². The van der Waals surface area contributed by atoms with Crippen LogP contribution in [0, 0.1) is 0 Å². The van der Waals surface area contributed by atoms with Crippen LogP contribution in [0.4, 0.5) is 0 Å². The van der Waals surface area contributed by atoms with E-state index in [1.165, 1.54) is 10.6 Å². The van der Waals surface area contributed by atoms with Crippen molar-refractivity contribution in [2.24, 2.45) is 4.99 Å². The van der Waals surface area contributed by atoms with Gasteiger partial charge >= 0.3 is 0 Å². The summed E-state index contributed by atoms with van der Waals surface area (Å²) in [4.78, 5) is 4.08. The van der Waals surface area contributed by atoms with Crippen LogP contribution in [0.5, 0.6) is 0 Å². The van der Waals surface area contributed by atoms with Gasteiger partial charge in [-0.15, -0.1) is 24.0 Å². The summed E-state index contributed by atoms with van der Waals surface area (Å²) < 4.78 is 24.2. The van der Waals surface area contributed by atoms with Crippen molar-refractivity contribution in [2.75, 3.05) is 32.9 Å². The van der Waals surface area contributed by atoms with E-state index in [1.54, 1.807) is 7.05 Å². The Morgan fingerprint density at radius 3 is 2.32 bits per heavy atom. The molecule has 0 aliphatic heterocycles. The zero-order chi connectivity index (χ0) is 14.2. The zero-order valence-electron chi connectivity index (χ0n) is 12.4. The average Bonchev–Trinajstić information content (AvgIpc) is 2.25. The van der Waals surface area contributed by atoms with Crippen molar-refractivity contribution in [3.8, 4) is 0 Å². The predicted octanol–water partition coefficient (Wildman–Crippen LogP) is 0.849. The second-order valence-electron chi connectivity index (χ2n) is 4.41. The Kier molecular flexibility index (Phi) is 11.9. The fourth-order valence-electron chi connectivity index (χ4n) is 1.49. The average molecular weight is 406 g/mol. The summed E-state index contributed by atoms with van der Waals surface area (Å²) in [7, 11) is -1.37. The van der Waals surface area contributed by atoms with Crippen LogP contribution in [-0.2, 0) is 10.0 Å². The number of hydrogen-bond donors (Lipinski definition) is 2. The molecule has 0 aromatic heterocycles. The van der Waals surface area contributed by atoms with E-state index in [4.69, 9.17) is 0 Å². The Morgan fingerprint density at radius 1 is 1.37 bits per heavy atom. The van der Waals surface area contributed by atoms with Crippen LogP contribution in [0.25, 0.3) is 0 Å². The van der Waals surface area contributed by atoms with Crippen molar-refractivity contribution in [3.05, 3.63) is 0 Å². The molecule has 0 fully saturated rings. The van der Waals surface area contributed by atoms with E-state index in [0.29, 0.717) is 25.7 Å². The lowest BCUT2D eigenvalue weighted by atomic mass is 10.4. The van der Waals surface area contributed by atoms with Gasteiger partial charge in [-0.1, -0.05) is 6.92 Å². The van der Waals surface area contributed by atoms with Crippen molar-refractivity contribution in [1.29, 1.82) is 0 Å². The van der Waals surface area contributed by atoms with Gasteiger partial charge in [-0.3, -0.25) is 4.99 Å². The van der Waals surface area contributed by atoms with E-state index >= 15 is 0 Å². The second-order valence-corrected chi connectivity index (χ2v) is 6.39. The SMILES string of the molecule is CCN(CCCNC(=NC)NC(C)C)S(C)(=O)=O.I. The largest absolute Gasteiger partial charge is 0.356 e. The number of nitrogens with zero attached hydrogens (tertiary/aromatic N) is 2. The zero-order valence-corrected chi connectivity index (χ0v) is 15.6. The summed E-state index contributed by atoms with van der Waals surface area (Å²) in [5.74, 6) is 0.743. The number of hydrogen-bond acceptors (Lipinski definition) is 3. The standard InChI is InChI=1S/C11H26N4O2S.HI/c1-6-15(18(5,16)17)9-7-8-13-11(12-4)14-10(2)3;/h10H,6-9H2,1-5H3,(H2,12,13,14);1H. The van der Waals surface area contributed by atoms with Gasteiger partial charge in [-0.2, -0.15) is 0 Å². The number of nitrogens with one attached hydrogen (secondary N) is 2. The fourth-order valence-corrected chi connectivity index (χ4v) is 2.42. The van der Waals surface area contributed by atoms with E-state index in [-0.39, 0.29) is 24.0 Å². The van der Waals surface area contributed by atoms with Crippen LogP contribution < -0.4 is 10.6 Å². The molecule has 2 N–H and O–H groups in total. The highest BCUT2D eigenvalue weighted by Gasteiger charge is 2.13. The maximum absolute atomic E-state index is 11.4. The normalized spacial score (nSPS) is 12.5. The minimum atomic E-state index is -3.08. The molecule has 0 saturated carbocycles. The first-order valence-corrected chi connectivity index (χ1v) is 8.08. The van der Waals surface area contributed by atoms with Gasteiger partial charge in [-0.05, 0) is 20.3 Å². The first-order chi connectivity index (χ1) is 8.31. The van der Waals surface area contributed by atoms with Crippen molar-refractivity contribution < 1.29 is 8.42 Å². The third-order valence-electron chi connectivity index (χ3n) is 2.35. The molecule has 0 heterocycles. The highest BCUT2D eigenvalue weighted by Crippen LogP contribution is 1.98. The number of aliphatic imine (C=N–C) groups is 1. The summed E-state index contributed by atoms with van der Waals surface area (Å²) >= 11 is 0. The summed E-state index contributed by atoms with van der Waals surface area (Å²) in [5, 5.41) is 6.32. The van der Waals surface area contributed by atoms with Crippen molar-refractivity contribution in [2.45, 2.75) is 33.2 Å². The van der Waals surface area contributed by atoms with Gasteiger partial charge in [0, 0.05) is 32.7 Å². The van der Waals surface area contributed by atoms with E-state index in [0.717, 1.165) is 12.4 Å². The van der Waals surface area contributed by atoms with Crippen LogP contribution in [0.2, 0.25) is 0 Å². The molecule has 8 heteroatoms. The molecule has 0 aromatic rings. The van der Waals surface area contributed by atoms with Crippen LogP contribution in [0.3, 0.4) is 0 Å². The van der Waals surface area contributed by atoms with Crippen LogP contribution in [-0.4, -0.2) is 57.7 Å². The first kappa shape index (κ1) is 21.2. The molecule has 116 valence electrons. The van der Waals surface area contributed by atoms with Crippen LogP contribution in [0.1, 0.15) is 27.2 Å². The molecule has 0 aliphatic rings. The molecule has 0 aromatic carbocycles. The van der Waals surface area contributed by atoms with E-state index in [2.05, 4.69) is 15.6 Å². The highest BCUT2D eigenvalue weighted by atomic mass is 127. The van der Waals surface area contributed by atoms with Gasteiger partial charge in [0.05, 0.1) is 6.26 Å². The van der Waals surface area contributed by atoms with Gasteiger partial charge < -0.3 is 10.6 Å². The quantitative estimate of drug-likeness (QED) is 0.285. The molecule has 0 bridgehead atoms. The summed E-state index contributed by atoms with van der Waals surface area (Å²) in [6.45, 7) is 7.65. The van der Waals surface area contributed by atoms with E-state index in [9.17, 15) is 8.42 Å². The summed E-state index contributed by atoms with van der Waals surface area (Å²) in [6.07, 6.45) is 1.99.